The zero-order valence-electron chi connectivity index (χ0n) is 16.7. The summed E-state index contributed by atoms with van der Waals surface area (Å²) in [6.07, 6.45) is 5.14. The number of carbonyl (C=O) groups is 1. The zero-order valence-corrected chi connectivity index (χ0v) is 16.7. The minimum Gasteiger partial charge on any atom is -0.493 e. The van der Waals surface area contributed by atoms with Gasteiger partial charge in [-0.2, -0.15) is 5.10 Å². The Morgan fingerprint density at radius 2 is 2.28 bits per heavy atom. The van der Waals surface area contributed by atoms with Crippen LogP contribution in [-0.2, 0) is 23.8 Å². The molecule has 0 radical (unpaired) electrons. The first-order valence-corrected chi connectivity index (χ1v) is 10.4. The van der Waals surface area contributed by atoms with Crippen LogP contribution >= 0.6 is 0 Å². The molecule has 0 bridgehead atoms. The summed E-state index contributed by atoms with van der Waals surface area (Å²) < 4.78 is 21.6. The van der Waals surface area contributed by atoms with E-state index in [-0.39, 0.29) is 23.3 Å². The lowest BCUT2D eigenvalue weighted by Gasteiger charge is -2.27. The fraction of sp³-hybridized carbons (Fsp3) is 0.545. The van der Waals surface area contributed by atoms with Crippen molar-refractivity contribution in [1.82, 2.24) is 20.0 Å². The number of fused-ring (bicyclic) bond motifs is 2. The van der Waals surface area contributed by atoms with Gasteiger partial charge in [-0.05, 0) is 25.3 Å². The minimum absolute atomic E-state index is 0.0121. The second kappa shape index (κ2) is 7.13. The van der Waals surface area contributed by atoms with E-state index in [2.05, 4.69) is 21.4 Å². The summed E-state index contributed by atoms with van der Waals surface area (Å²) in [5.74, 6) is 0.986. The van der Waals surface area contributed by atoms with Crippen LogP contribution in [-0.4, -0.2) is 52.5 Å². The van der Waals surface area contributed by atoms with Crippen LogP contribution in [0.15, 0.2) is 36.7 Å². The van der Waals surface area contributed by atoms with Crippen LogP contribution in [0.2, 0.25) is 0 Å². The highest BCUT2D eigenvalue weighted by Crippen LogP contribution is 2.60. The number of carbonyl (C=O) groups excluding carboxylic acids is 1. The molecule has 2 aliphatic heterocycles. The highest BCUT2D eigenvalue weighted by atomic mass is 19.1. The predicted octanol–water partition coefficient (Wildman–Crippen LogP) is 2.19. The standard InChI is InChI=1S/C22H27FN4O2/c1-26-12-15(10-25-26)13-27-14-16(23)8-17(27)11-24-21(28)19-9-22(19)6-7-29-20-5-3-2-4-18(20)22/h2-5,10,12,16-17,19H,6-9,11,13-14H2,1H3,(H,24,28)/t16-,17-,19?,22?/m0/s1. The molecule has 154 valence electrons. The van der Waals surface area contributed by atoms with Gasteiger partial charge in [0, 0.05) is 61.4 Å². The third kappa shape index (κ3) is 3.41. The number of nitrogens with one attached hydrogen (secondary N) is 1. The van der Waals surface area contributed by atoms with Crippen molar-refractivity contribution in [1.29, 1.82) is 0 Å². The average Bonchev–Trinajstić information content (AvgIpc) is 3.09. The largest absolute Gasteiger partial charge is 0.493 e. The summed E-state index contributed by atoms with van der Waals surface area (Å²) in [4.78, 5) is 15.0. The first-order valence-electron chi connectivity index (χ1n) is 10.4. The van der Waals surface area contributed by atoms with Gasteiger partial charge in [0.15, 0.2) is 0 Å². The molecule has 1 aliphatic carbocycles. The molecule has 2 aromatic rings. The molecule has 2 unspecified atom stereocenters. The number of rotatable bonds is 5. The van der Waals surface area contributed by atoms with Crippen LogP contribution in [0.5, 0.6) is 5.75 Å². The lowest BCUT2D eigenvalue weighted by atomic mass is 9.87. The third-order valence-corrected chi connectivity index (χ3v) is 6.75. The van der Waals surface area contributed by atoms with Gasteiger partial charge in [0.05, 0.1) is 12.8 Å². The molecule has 1 N–H and O–H groups in total. The summed E-state index contributed by atoms with van der Waals surface area (Å²) >= 11 is 0. The fourth-order valence-corrected chi connectivity index (χ4v) is 5.16. The van der Waals surface area contributed by atoms with E-state index in [4.69, 9.17) is 4.74 Å². The average molecular weight is 398 g/mol. The van der Waals surface area contributed by atoms with E-state index < -0.39 is 6.17 Å². The molecule has 1 aromatic heterocycles. The van der Waals surface area contributed by atoms with Crippen LogP contribution in [0, 0.1) is 5.92 Å². The molecule has 3 aliphatic rings. The van der Waals surface area contributed by atoms with Gasteiger partial charge in [-0.25, -0.2) is 4.39 Å². The molecule has 7 heteroatoms. The van der Waals surface area contributed by atoms with Crippen molar-refractivity contribution in [2.24, 2.45) is 13.0 Å². The van der Waals surface area contributed by atoms with E-state index in [1.165, 1.54) is 0 Å². The molecule has 1 saturated carbocycles. The number of aryl methyl sites for hydroxylation is 1. The Labute approximate surface area is 170 Å². The van der Waals surface area contributed by atoms with Crippen LogP contribution < -0.4 is 10.1 Å². The van der Waals surface area contributed by atoms with E-state index in [0.717, 1.165) is 29.7 Å². The molecule has 1 aromatic carbocycles. The molecule has 2 fully saturated rings. The molecule has 4 atom stereocenters. The molecule has 5 rings (SSSR count). The number of nitrogens with zero attached hydrogens (tertiary/aromatic N) is 3. The van der Waals surface area contributed by atoms with Crippen molar-refractivity contribution >= 4 is 5.91 Å². The van der Waals surface area contributed by atoms with E-state index >= 15 is 0 Å². The second-order valence-electron chi connectivity index (χ2n) is 8.69. The Morgan fingerprint density at radius 3 is 3.10 bits per heavy atom. The van der Waals surface area contributed by atoms with Gasteiger partial charge in [0.2, 0.25) is 5.91 Å². The van der Waals surface area contributed by atoms with E-state index in [1.807, 2.05) is 37.6 Å². The topological polar surface area (TPSA) is 59.4 Å². The van der Waals surface area contributed by atoms with Gasteiger partial charge < -0.3 is 10.1 Å². The summed E-state index contributed by atoms with van der Waals surface area (Å²) in [5.41, 5.74) is 2.15. The van der Waals surface area contributed by atoms with Crippen LogP contribution in [0.1, 0.15) is 30.4 Å². The maximum absolute atomic E-state index is 14.1. The summed E-state index contributed by atoms with van der Waals surface area (Å²) in [6.45, 7) is 2.22. The van der Waals surface area contributed by atoms with Crippen LogP contribution in [0.25, 0.3) is 0 Å². The quantitative estimate of drug-likeness (QED) is 0.839. The number of aromatic nitrogens is 2. The third-order valence-electron chi connectivity index (χ3n) is 6.75. The number of hydrogen-bond acceptors (Lipinski definition) is 4. The van der Waals surface area contributed by atoms with E-state index in [1.54, 1.807) is 4.68 Å². The second-order valence-corrected chi connectivity index (χ2v) is 8.69. The number of hydrogen-bond donors (Lipinski definition) is 1. The van der Waals surface area contributed by atoms with Crippen LogP contribution in [0.4, 0.5) is 4.39 Å². The molecule has 1 saturated heterocycles. The van der Waals surface area contributed by atoms with Gasteiger partial charge in [-0.15, -0.1) is 0 Å². The van der Waals surface area contributed by atoms with E-state index in [9.17, 15) is 9.18 Å². The number of likely N-dealkylation sites (tertiary alicyclic amines) is 1. The van der Waals surface area contributed by atoms with Gasteiger partial charge >= 0.3 is 0 Å². The lowest BCUT2D eigenvalue weighted by Crippen LogP contribution is -2.41. The molecule has 29 heavy (non-hydrogen) atoms. The number of alkyl halides is 1. The highest BCUT2D eigenvalue weighted by molar-refractivity contribution is 5.85. The van der Waals surface area contributed by atoms with Crippen molar-refractivity contribution in [3.63, 3.8) is 0 Å². The summed E-state index contributed by atoms with van der Waals surface area (Å²) in [7, 11) is 1.88. The predicted molar refractivity (Wildman–Crippen MR) is 106 cm³/mol. The number of halogens is 1. The van der Waals surface area contributed by atoms with Crippen molar-refractivity contribution < 1.29 is 13.9 Å². The van der Waals surface area contributed by atoms with Gasteiger partial charge in [-0.1, -0.05) is 18.2 Å². The Balaban J connectivity index is 1.21. The molecule has 1 spiro atoms. The number of ether oxygens (including phenoxy) is 1. The molecular weight excluding hydrogens is 371 g/mol. The maximum Gasteiger partial charge on any atom is 0.224 e. The molecule has 1 amide bonds. The summed E-state index contributed by atoms with van der Waals surface area (Å²) in [5, 5.41) is 7.31. The lowest BCUT2D eigenvalue weighted by molar-refractivity contribution is -0.123. The van der Waals surface area contributed by atoms with Crippen LogP contribution in [0.3, 0.4) is 0 Å². The Morgan fingerprint density at radius 1 is 1.41 bits per heavy atom. The first kappa shape index (κ1) is 18.6. The first-order chi connectivity index (χ1) is 14.0. The Hall–Kier alpha value is -2.41. The maximum atomic E-state index is 14.1. The zero-order chi connectivity index (χ0) is 20.0. The SMILES string of the molecule is Cn1cc(CN2C[C@@H](F)C[C@H]2CNC(=O)C2CC23CCOc2ccccc23)cn1. The summed E-state index contributed by atoms with van der Waals surface area (Å²) in [6, 6.07) is 8.08. The fourth-order valence-electron chi connectivity index (χ4n) is 5.16. The molecule has 6 nitrogen and oxygen atoms in total. The van der Waals surface area contributed by atoms with E-state index in [0.29, 0.717) is 32.7 Å². The van der Waals surface area contributed by atoms with Gasteiger partial charge in [0.1, 0.15) is 11.9 Å². The van der Waals surface area contributed by atoms with Gasteiger partial charge in [0.25, 0.3) is 0 Å². The Kier molecular flexibility index (Phi) is 4.57. The van der Waals surface area contributed by atoms with Gasteiger partial charge in [-0.3, -0.25) is 14.4 Å². The molecular formula is C22H27FN4O2. The Bertz CT molecular complexity index is 916. The van der Waals surface area contributed by atoms with Crippen molar-refractivity contribution in [2.75, 3.05) is 19.7 Å². The van der Waals surface area contributed by atoms with Crippen molar-refractivity contribution in [3.05, 3.63) is 47.8 Å². The van der Waals surface area contributed by atoms with Crippen molar-refractivity contribution in [2.45, 2.75) is 43.4 Å². The highest BCUT2D eigenvalue weighted by Gasteiger charge is 2.61. The minimum atomic E-state index is -0.844. The van der Waals surface area contributed by atoms with Crippen molar-refractivity contribution in [3.8, 4) is 5.75 Å². The number of benzene rings is 1. The normalized spacial score (nSPS) is 30.8. The molecule has 3 heterocycles. The number of amides is 1. The monoisotopic (exact) mass is 398 g/mol. The number of para-hydroxylation sites is 1. The smallest absolute Gasteiger partial charge is 0.224 e.